The van der Waals surface area contributed by atoms with Crippen molar-refractivity contribution in [2.75, 3.05) is 26.2 Å². The van der Waals surface area contributed by atoms with E-state index < -0.39 is 0 Å². The van der Waals surface area contributed by atoms with Crippen molar-refractivity contribution >= 4 is 17.2 Å². The highest BCUT2D eigenvalue weighted by molar-refractivity contribution is 7.09. The van der Waals surface area contributed by atoms with Gasteiger partial charge in [-0.2, -0.15) is 0 Å². The number of furan rings is 1. The first-order chi connectivity index (χ1) is 11.1. The summed E-state index contributed by atoms with van der Waals surface area (Å²) in [7, 11) is 0. The second-order valence-corrected chi connectivity index (χ2v) is 7.20. The Labute approximate surface area is 140 Å². The Morgan fingerprint density at radius 1 is 1.35 bits per heavy atom. The Bertz CT molecular complexity index is 636. The monoisotopic (exact) mass is 333 g/mol. The van der Waals surface area contributed by atoms with Gasteiger partial charge in [0.2, 0.25) is 0 Å². The van der Waals surface area contributed by atoms with E-state index in [1.807, 2.05) is 4.90 Å². The number of aromatic nitrogens is 1. The molecule has 0 aliphatic carbocycles. The van der Waals surface area contributed by atoms with Gasteiger partial charge in [-0.05, 0) is 18.4 Å². The standard InChI is InChI=1S/C17H23N3O2S/c1-13(2)15-12-23-16(18-15)10-19-5-3-6-20(8-7-19)17(21)14-4-9-22-11-14/h4,9,11-13H,3,5-8,10H2,1-2H3. The molecule has 0 radical (unpaired) electrons. The third-order valence-corrected chi connectivity index (χ3v) is 5.02. The van der Waals surface area contributed by atoms with E-state index in [-0.39, 0.29) is 5.91 Å². The van der Waals surface area contributed by atoms with E-state index in [0.29, 0.717) is 11.5 Å². The highest BCUT2D eigenvalue weighted by Gasteiger charge is 2.21. The molecule has 0 bridgehead atoms. The summed E-state index contributed by atoms with van der Waals surface area (Å²) < 4.78 is 5.01. The predicted octanol–water partition coefficient (Wildman–Crippen LogP) is 3.21. The first-order valence-electron chi connectivity index (χ1n) is 8.11. The first kappa shape index (κ1) is 16.2. The fourth-order valence-corrected chi connectivity index (χ4v) is 3.75. The number of hydrogen-bond acceptors (Lipinski definition) is 5. The number of nitrogens with zero attached hydrogens (tertiary/aromatic N) is 3. The van der Waals surface area contributed by atoms with E-state index in [1.165, 1.54) is 17.0 Å². The normalized spacial score (nSPS) is 16.7. The van der Waals surface area contributed by atoms with Gasteiger partial charge in [0.25, 0.3) is 5.91 Å². The van der Waals surface area contributed by atoms with Crippen LogP contribution in [0.4, 0.5) is 0 Å². The van der Waals surface area contributed by atoms with Crippen LogP contribution in [0.15, 0.2) is 28.4 Å². The molecule has 23 heavy (non-hydrogen) atoms. The van der Waals surface area contributed by atoms with Crippen LogP contribution in [0, 0.1) is 0 Å². The molecule has 1 amide bonds. The van der Waals surface area contributed by atoms with E-state index >= 15 is 0 Å². The SMILES string of the molecule is CC(C)c1csc(CN2CCCN(C(=O)c3ccoc3)CC2)n1. The molecular weight excluding hydrogens is 310 g/mol. The van der Waals surface area contributed by atoms with Gasteiger partial charge in [0.15, 0.2) is 0 Å². The molecule has 0 aromatic carbocycles. The fraction of sp³-hybridized carbons (Fsp3) is 0.529. The Hall–Kier alpha value is -1.66. The van der Waals surface area contributed by atoms with Crippen LogP contribution in [-0.2, 0) is 6.54 Å². The van der Waals surface area contributed by atoms with Gasteiger partial charge in [0.1, 0.15) is 11.3 Å². The van der Waals surface area contributed by atoms with Crippen molar-refractivity contribution in [2.24, 2.45) is 0 Å². The summed E-state index contributed by atoms with van der Waals surface area (Å²) in [5.74, 6) is 0.546. The van der Waals surface area contributed by atoms with Gasteiger partial charge in [-0.1, -0.05) is 13.8 Å². The van der Waals surface area contributed by atoms with Crippen LogP contribution in [-0.4, -0.2) is 46.9 Å². The zero-order valence-electron chi connectivity index (χ0n) is 13.7. The van der Waals surface area contributed by atoms with Crippen LogP contribution in [0.2, 0.25) is 0 Å². The molecule has 0 unspecified atom stereocenters. The van der Waals surface area contributed by atoms with Crippen LogP contribution in [0.1, 0.15) is 47.2 Å². The van der Waals surface area contributed by atoms with Crippen LogP contribution in [0.5, 0.6) is 0 Å². The molecule has 0 N–H and O–H groups in total. The summed E-state index contributed by atoms with van der Waals surface area (Å²) in [5, 5.41) is 3.33. The molecular formula is C17H23N3O2S. The molecule has 2 aromatic rings. The second kappa shape index (κ2) is 7.27. The summed E-state index contributed by atoms with van der Waals surface area (Å²) in [6.07, 6.45) is 4.06. The fourth-order valence-electron chi connectivity index (χ4n) is 2.76. The number of rotatable bonds is 4. The third kappa shape index (κ3) is 4.00. The Kier molecular flexibility index (Phi) is 5.13. The quantitative estimate of drug-likeness (QED) is 0.862. The number of thiazole rings is 1. The molecule has 0 spiro atoms. The van der Waals surface area contributed by atoms with Crippen molar-refractivity contribution in [1.82, 2.24) is 14.8 Å². The molecule has 5 nitrogen and oxygen atoms in total. The minimum Gasteiger partial charge on any atom is -0.472 e. The van der Waals surface area contributed by atoms with Crippen molar-refractivity contribution in [3.8, 4) is 0 Å². The summed E-state index contributed by atoms with van der Waals surface area (Å²) in [5.41, 5.74) is 1.82. The highest BCUT2D eigenvalue weighted by atomic mass is 32.1. The van der Waals surface area contributed by atoms with Crippen LogP contribution < -0.4 is 0 Å². The number of amides is 1. The Balaban J connectivity index is 1.56. The minimum atomic E-state index is 0.0666. The van der Waals surface area contributed by atoms with Gasteiger partial charge in [0, 0.05) is 31.6 Å². The largest absolute Gasteiger partial charge is 0.472 e. The van der Waals surface area contributed by atoms with Crippen molar-refractivity contribution < 1.29 is 9.21 Å². The minimum absolute atomic E-state index is 0.0666. The topological polar surface area (TPSA) is 49.6 Å². The molecule has 3 heterocycles. The number of carbonyl (C=O) groups is 1. The van der Waals surface area contributed by atoms with Crippen molar-refractivity contribution in [1.29, 1.82) is 0 Å². The predicted molar refractivity (Wildman–Crippen MR) is 90.7 cm³/mol. The van der Waals surface area contributed by atoms with E-state index in [4.69, 9.17) is 9.40 Å². The van der Waals surface area contributed by atoms with Gasteiger partial charge in [0.05, 0.1) is 24.1 Å². The van der Waals surface area contributed by atoms with Crippen LogP contribution >= 0.6 is 11.3 Å². The lowest BCUT2D eigenvalue weighted by molar-refractivity contribution is 0.0760. The maximum absolute atomic E-state index is 12.4. The van der Waals surface area contributed by atoms with E-state index in [0.717, 1.165) is 39.1 Å². The van der Waals surface area contributed by atoms with E-state index in [1.54, 1.807) is 23.7 Å². The van der Waals surface area contributed by atoms with Gasteiger partial charge in [-0.25, -0.2) is 4.98 Å². The maximum atomic E-state index is 12.4. The molecule has 0 saturated carbocycles. The second-order valence-electron chi connectivity index (χ2n) is 6.25. The smallest absolute Gasteiger partial charge is 0.257 e. The molecule has 1 saturated heterocycles. The lowest BCUT2D eigenvalue weighted by atomic mass is 10.2. The molecule has 3 rings (SSSR count). The highest BCUT2D eigenvalue weighted by Crippen LogP contribution is 2.19. The summed E-state index contributed by atoms with van der Waals surface area (Å²) in [6, 6.07) is 1.73. The number of carbonyl (C=O) groups excluding carboxylic acids is 1. The van der Waals surface area contributed by atoms with Gasteiger partial charge in [-0.15, -0.1) is 11.3 Å². The molecule has 2 aromatic heterocycles. The van der Waals surface area contributed by atoms with Gasteiger partial charge < -0.3 is 9.32 Å². The van der Waals surface area contributed by atoms with Crippen molar-refractivity contribution in [2.45, 2.75) is 32.7 Å². The zero-order chi connectivity index (χ0) is 16.2. The molecule has 1 aliphatic heterocycles. The molecule has 0 atom stereocenters. The lowest BCUT2D eigenvalue weighted by Crippen LogP contribution is -2.34. The molecule has 1 aliphatic rings. The molecule has 1 fully saturated rings. The molecule has 6 heteroatoms. The number of hydrogen-bond donors (Lipinski definition) is 0. The van der Waals surface area contributed by atoms with Crippen molar-refractivity contribution in [3.05, 3.63) is 40.2 Å². The average molecular weight is 333 g/mol. The summed E-state index contributed by atoms with van der Waals surface area (Å²) in [4.78, 5) is 21.4. The Morgan fingerprint density at radius 3 is 2.91 bits per heavy atom. The first-order valence-corrected chi connectivity index (χ1v) is 8.99. The van der Waals surface area contributed by atoms with Gasteiger partial charge >= 0.3 is 0 Å². The summed E-state index contributed by atoms with van der Waals surface area (Å²) in [6.45, 7) is 8.67. The third-order valence-electron chi connectivity index (χ3n) is 4.16. The average Bonchev–Trinajstić information content (AvgIpc) is 3.16. The van der Waals surface area contributed by atoms with Crippen LogP contribution in [0.25, 0.3) is 0 Å². The molecule has 124 valence electrons. The van der Waals surface area contributed by atoms with E-state index in [2.05, 4.69) is 24.1 Å². The lowest BCUT2D eigenvalue weighted by Gasteiger charge is -2.21. The maximum Gasteiger partial charge on any atom is 0.257 e. The summed E-state index contributed by atoms with van der Waals surface area (Å²) >= 11 is 1.74. The zero-order valence-corrected chi connectivity index (χ0v) is 14.5. The van der Waals surface area contributed by atoms with E-state index in [9.17, 15) is 4.79 Å². The Morgan fingerprint density at radius 2 is 2.22 bits per heavy atom. The van der Waals surface area contributed by atoms with Gasteiger partial charge in [-0.3, -0.25) is 9.69 Å². The van der Waals surface area contributed by atoms with Crippen LogP contribution in [0.3, 0.4) is 0 Å². The van der Waals surface area contributed by atoms with Crippen molar-refractivity contribution in [3.63, 3.8) is 0 Å².